The Balaban J connectivity index is 1.62. The minimum atomic E-state index is -4.76. The second-order valence-corrected chi connectivity index (χ2v) is 9.73. The molecule has 9 heteroatoms. The van der Waals surface area contributed by atoms with Gasteiger partial charge in [0.25, 0.3) is 0 Å². The molecule has 1 amide bonds. The fourth-order valence-electron chi connectivity index (χ4n) is 4.53. The van der Waals surface area contributed by atoms with Crippen LogP contribution < -0.4 is 10.1 Å². The summed E-state index contributed by atoms with van der Waals surface area (Å²) in [4.78, 5) is 23.6. The van der Waals surface area contributed by atoms with Crippen molar-refractivity contribution in [2.24, 2.45) is 0 Å². The zero-order valence-electron chi connectivity index (χ0n) is 19.7. The molecule has 0 unspecified atom stereocenters. The van der Waals surface area contributed by atoms with Gasteiger partial charge in [0, 0.05) is 40.3 Å². The predicted octanol–water partition coefficient (Wildman–Crippen LogP) is 6.64. The average Bonchev–Trinajstić information content (AvgIpc) is 3.35. The molecule has 3 aromatic rings. The van der Waals surface area contributed by atoms with Crippen LogP contribution in [0.15, 0.2) is 48.7 Å². The van der Waals surface area contributed by atoms with E-state index in [1.54, 1.807) is 24.3 Å². The second kappa shape index (κ2) is 9.28. The Morgan fingerprint density at radius 3 is 2.43 bits per heavy atom. The summed E-state index contributed by atoms with van der Waals surface area (Å²) in [6.07, 6.45) is -0.167. The number of nitrogens with one attached hydrogen (secondary N) is 1. The van der Waals surface area contributed by atoms with Crippen LogP contribution in [0.3, 0.4) is 0 Å². The van der Waals surface area contributed by atoms with Gasteiger partial charge in [0.1, 0.15) is 17.6 Å². The highest BCUT2D eigenvalue weighted by molar-refractivity contribution is 5.99. The molecule has 2 aromatic carbocycles. The van der Waals surface area contributed by atoms with E-state index in [9.17, 15) is 22.8 Å². The minimum Gasteiger partial charge on any atom is -0.444 e. The van der Waals surface area contributed by atoms with Gasteiger partial charge in [-0.25, -0.2) is 4.79 Å². The van der Waals surface area contributed by atoms with Gasteiger partial charge >= 0.3 is 12.5 Å². The van der Waals surface area contributed by atoms with Gasteiger partial charge in [0.2, 0.25) is 0 Å². The quantitative estimate of drug-likeness (QED) is 0.409. The van der Waals surface area contributed by atoms with E-state index in [0.717, 1.165) is 35.6 Å². The van der Waals surface area contributed by atoms with E-state index < -0.39 is 18.1 Å². The molecule has 1 heterocycles. The first kappa shape index (κ1) is 24.6. The minimum absolute atomic E-state index is 0.0381. The molecule has 0 aliphatic heterocycles. The Bertz CT molecular complexity index is 1230. The van der Waals surface area contributed by atoms with Gasteiger partial charge in [-0.3, -0.25) is 4.79 Å². The first-order chi connectivity index (χ1) is 16.4. The smallest absolute Gasteiger partial charge is 0.444 e. The number of benzene rings is 2. The van der Waals surface area contributed by atoms with Crippen molar-refractivity contribution in [2.75, 3.05) is 0 Å². The lowest BCUT2D eigenvalue weighted by molar-refractivity contribution is -0.274. The van der Waals surface area contributed by atoms with Crippen LogP contribution in [0.4, 0.5) is 18.0 Å². The van der Waals surface area contributed by atoms with Crippen LogP contribution >= 0.6 is 0 Å². The van der Waals surface area contributed by atoms with Gasteiger partial charge in [0.15, 0.2) is 0 Å². The first-order valence-corrected chi connectivity index (χ1v) is 11.4. The molecule has 2 atom stereocenters. The number of carbonyl (C=O) groups is 2. The summed E-state index contributed by atoms with van der Waals surface area (Å²) in [7, 11) is 0. The third kappa shape index (κ3) is 5.96. The lowest BCUT2D eigenvalue weighted by atomic mass is 10.0. The molecular formula is C26H27F3N2O4. The number of hydrogen-bond acceptors (Lipinski definition) is 4. The highest BCUT2D eigenvalue weighted by atomic mass is 19.4. The maximum atomic E-state index is 12.5. The van der Waals surface area contributed by atoms with Gasteiger partial charge in [0.05, 0.1) is 0 Å². The normalized spacial score (nSPS) is 18.5. The number of rotatable bonds is 5. The number of aldehydes is 1. The summed E-state index contributed by atoms with van der Waals surface area (Å²) < 4.78 is 49.1. The monoisotopic (exact) mass is 488 g/mol. The van der Waals surface area contributed by atoms with Gasteiger partial charge in [-0.2, -0.15) is 0 Å². The molecular weight excluding hydrogens is 461 g/mol. The Labute approximate surface area is 201 Å². The molecule has 1 fully saturated rings. The van der Waals surface area contributed by atoms with Crippen LogP contribution in [-0.2, 0) is 4.74 Å². The van der Waals surface area contributed by atoms with Crippen LogP contribution in [0, 0.1) is 0 Å². The molecule has 1 saturated carbocycles. The Hall–Kier alpha value is -3.49. The number of alkyl halides is 3. The average molecular weight is 489 g/mol. The van der Waals surface area contributed by atoms with Crippen molar-refractivity contribution in [3.05, 3.63) is 54.2 Å². The van der Waals surface area contributed by atoms with E-state index in [1.807, 2.05) is 33.0 Å². The van der Waals surface area contributed by atoms with Gasteiger partial charge in [-0.05, 0) is 75.9 Å². The van der Waals surface area contributed by atoms with Crippen LogP contribution in [0.1, 0.15) is 56.4 Å². The van der Waals surface area contributed by atoms with Gasteiger partial charge < -0.3 is 19.4 Å². The van der Waals surface area contributed by atoms with Crippen LogP contribution in [0.25, 0.3) is 22.0 Å². The fourth-order valence-corrected chi connectivity index (χ4v) is 4.53. The Kier molecular flexibility index (Phi) is 6.53. The zero-order valence-corrected chi connectivity index (χ0v) is 19.7. The van der Waals surface area contributed by atoms with E-state index in [-0.39, 0.29) is 17.8 Å². The molecule has 0 spiro atoms. The van der Waals surface area contributed by atoms with Crippen molar-refractivity contribution in [1.29, 1.82) is 0 Å². The lowest BCUT2D eigenvalue weighted by Gasteiger charge is -2.22. The number of alkyl carbamates (subject to hydrolysis) is 1. The molecule has 1 N–H and O–H groups in total. The third-order valence-corrected chi connectivity index (χ3v) is 5.91. The number of aromatic nitrogens is 1. The molecule has 1 aliphatic rings. The van der Waals surface area contributed by atoms with Crippen molar-refractivity contribution in [3.8, 4) is 16.9 Å². The summed E-state index contributed by atoms with van der Waals surface area (Å²) in [5.74, 6) is -0.301. The molecule has 35 heavy (non-hydrogen) atoms. The van der Waals surface area contributed by atoms with Crippen molar-refractivity contribution < 1.29 is 32.2 Å². The van der Waals surface area contributed by atoms with E-state index in [1.165, 1.54) is 12.1 Å². The van der Waals surface area contributed by atoms with Crippen molar-refractivity contribution >= 4 is 23.3 Å². The number of fused-ring (bicyclic) bond motifs is 1. The molecule has 0 radical (unpaired) electrons. The predicted molar refractivity (Wildman–Crippen MR) is 125 cm³/mol. The molecule has 0 bridgehead atoms. The van der Waals surface area contributed by atoms with Crippen molar-refractivity contribution in [1.82, 2.24) is 9.88 Å². The van der Waals surface area contributed by atoms with E-state index in [2.05, 4.69) is 14.6 Å². The summed E-state index contributed by atoms with van der Waals surface area (Å²) in [6, 6.07) is 11.1. The fraction of sp³-hybridized carbons (Fsp3) is 0.385. The topological polar surface area (TPSA) is 69.6 Å². The summed E-state index contributed by atoms with van der Waals surface area (Å²) in [5.41, 5.74) is 2.33. The molecule has 186 valence electrons. The maximum Gasteiger partial charge on any atom is 0.573 e. The third-order valence-electron chi connectivity index (χ3n) is 5.91. The Morgan fingerprint density at radius 2 is 1.80 bits per heavy atom. The molecule has 1 aromatic heterocycles. The number of hydrogen-bond donors (Lipinski definition) is 1. The zero-order chi connectivity index (χ0) is 25.4. The summed E-state index contributed by atoms with van der Waals surface area (Å²) in [5, 5.41) is 3.76. The largest absolute Gasteiger partial charge is 0.573 e. The number of ether oxygens (including phenoxy) is 2. The van der Waals surface area contributed by atoms with Crippen LogP contribution in [0.2, 0.25) is 0 Å². The number of amides is 1. The number of nitrogens with zero attached hydrogens (tertiary/aromatic N) is 1. The molecule has 4 rings (SSSR count). The number of carbonyl (C=O) groups excluding carboxylic acids is 2. The van der Waals surface area contributed by atoms with E-state index >= 15 is 0 Å². The SMILES string of the molecule is CC(C)(C)OC(=O)N[C@@H]1CC[C@H](n2cc(-c3ccc(OC(F)(F)F)cc3)c3cc(C=O)ccc32)C1. The molecule has 0 saturated heterocycles. The van der Waals surface area contributed by atoms with Gasteiger partial charge in [-0.15, -0.1) is 13.2 Å². The highest BCUT2D eigenvalue weighted by Gasteiger charge is 2.32. The summed E-state index contributed by atoms with van der Waals surface area (Å²) in [6.45, 7) is 5.44. The van der Waals surface area contributed by atoms with Crippen molar-refractivity contribution in [2.45, 2.75) is 64.1 Å². The Morgan fingerprint density at radius 1 is 1.09 bits per heavy atom. The van der Waals surface area contributed by atoms with E-state index in [4.69, 9.17) is 4.74 Å². The highest BCUT2D eigenvalue weighted by Crippen LogP contribution is 2.39. The summed E-state index contributed by atoms with van der Waals surface area (Å²) >= 11 is 0. The molecule has 6 nitrogen and oxygen atoms in total. The van der Waals surface area contributed by atoms with Crippen LogP contribution in [0.5, 0.6) is 5.75 Å². The first-order valence-electron chi connectivity index (χ1n) is 11.4. The number of halogens is 3. The molecule has 1 aliphatic carbocycles. The maximum absolute atomic E-state index is 12.5. The van der Waals surface area contributed by atoms with Gasteiger partial charge in [-0.1, -0.05) is 12.1 Å². The standard InChI is InChI=1S/C26H27F3N2O4/c1-25(2,3)35-24(33)30-18-7-8-19(13-18)31-14-22(21-12-16(15-32)4-11-23(21)31)17-5-9-20(10-6-17)34-26(27,28)29/h4-6,9-12,14-15,18-19H,7-8,13H2,1-3H3,(H,30,33)/t18-,19+/m1/s1. The lowest BCUT2D eigenvalue weighted by Crippen LogP contribution is -2.38. The van der Waals surface area contributed by atoms with Crippen molar-refractivity contribution in [3.63, 3.8) is 0 Å². The van der Waals surface area contributed by atoms with E-state index in [0.29, 0.717) is 17.5 Å². The second-order valence-electron chi connectivity index (χ2n) is 9.73. The van der Waals surface area contributed by atoms with Crippen LogP contribution in [-0.4, -0.2) is 35.0 Å².